The maximum atomic E-state index is 12.3. The van der Waals surface area contributed by atoms with Crippen LogP contribution < -0.4 is 10.1 Å². The molecule has 0 aliphatic carbocycles. The smallest absolute Gasteiger partial charge is 0.253 e. The Morgan fingerprint density at radius 2 is 1.83 bits per heavy atom. The van der Waals surface area contributed by atoms with Gasteiger partial charge in [0.15, 0.2) is 0 Å². The van der Waals surface area contributed by atoms with Crippen LogP contribution in [-0.2, 0) is 6.54 Å². The molecule has 1 aromatic heterocycles. The lowest BCUT2D eigenvalue weighted by Gasteiger charge is -2.08. The number of nitrogens with one attached hydrogen (secondary N) is 1. The van der Waals surface area contributed by atoms with Crippen molar-refractivity contribution in [1.29, 1.82) is 0 Å². The van der Waals surface area contributed by atoms with Crippen molar-refractivity contribution in [3.05, 3.63) is 84.2 Å². The summed E-state index contributed by atoms with van der Waals surface area (Å²) in [6, 6.07) is 19.3. The molecular weight excluding hydrogens is 300 g/mol. The van der Waals surface area contributed by atoms with Gasteiger partial charge in [-0.1, -0.05) is 42.5 Å². The summed E-state index contributed by atoms with van der Waals surface area (Å²) in [6.07, 6.45) is 3.31. The summed E-state index contributed by atoms with van der Waals surface area (Å²) in [5, 5.41) is 2.91. The fourth-order valence-electron chi connectivity index (χ4n) is 2.40. The summed E-state index contributed by atoms with van der Waals surface area (Å²) in [7, 11) is 1.63. The molecule has 0 spiro atoms. The fourth-order valence-corrected chi connectivity index (χ4v) is 2.40. The molecule has 2 aromatic carbocycles. The third-order valence-corrected chi connectivity index (χ3v) is 3.70. The van der Waals surface area contributed by atoms with Crippen molar-refractivity contribution in [1.82, 2.24) is 10.3 Å². The Labute approximate surface area is 141 Å². The largest absolute Gasteiger partial charge is 0.497 e. The molecule has 0 unspecified atom stereocenters. The van der Waals surface area contributed by atoms with E-state index in [1.165, 1.54) is 0 Å². The maximum absolute atomic E-state index is 12.3. The predicted molar refractivity (Wildman–Crippen MR) is 93.8 cm³/mol. The molecule has 3 rings (SSSR count). The topological polar surface area (TPSA) is 51.2 Å². The number of ether oxygens (including phenoxy) is 1. The Bertz CT molecular complexity index is 832. The highest BCUT2D eigenvalue weighted by molar-refractivity contribution is 5.95. The summed E-state index contributed by atoms with van der Waals surface area (Å²) in [4.78, 5) is 16.5. The molecule has 0 atom stereocenters. The number of amides is 1. The fraction of sp³-hybridized carbons (Fsp3) is 0.100. The van der Waals surface area contributed by atoms with E-state index < -0.39 is 0 Å². The molecule has 0 saturated carbocycles. The molecule has 3 aromatic rings. The molecule has 0 fully saturated rings. The molecule has 1 N–H and O–H groups in total. The van der Waals surface area contributed by atoms with Gasteiger partial charge in [0, 0.05) is 24.5 Å². The Balaban J connectivity index is 1.76. The number of hydrogen-bond acceptors (Lipinski definition) is 3. The van der Waals surface area contributed by atoms with E-state index in [0.29, 0.717) is 12.1 Å². The van der Waals surface area contributed by atoms with Crippen LogP contribution in [0.4, 0.5) is 0 Å². The Hall–Kier alpha value is -3.14. The van der Waals surface area contributed by atoms with E-state index in [1.54, 1.807) is 19.5 Å². The van der Waals surface area contributed by atoms with E-state index in [0.717, 1.165) is 22.4 Å². The quantitative estimate of drug-likeness (QED) is 0.780. The first-order valence-corrected chi connectivity index (χ1v) is 7.68. The first-order chi connectivity index (χ1) is 11.8. The number of methoxy groups -OCH3 is 1. The number of carbonyl (C=O) groups is 1. The van der Waals surface area contributed by atoms with Crippen LogP contribution in [-0.4, -0.2) is 18.0 Å². The zero-order valence-electron chi connectivity index (χ0n) is 13.4. The van der Waals surface area contributed by atoms with Gasteiger partial charge in [0.2, 0.25) is 0 Å². The SMILES string of the molecule is COc1cccc(-c2cncc(C(=O)NCc3ccccc3)c2)c1. The molecular formula is C20H18N2O2. The Morgan fingerprint density at radius 3 is 2.62 bits per heavy atom. The van der Waals surface area contributed by atoms with Gasteiger partial charge in [0.1, 0.15) is 5.75 Å². The number of pyridine rings is 1. The van der Waals surface area contributed by atoms with E-state index in [-0.39, 0.29) is 5.91 Å². The van der Waals surface area contributed by atoms with Gasteiger partial charge in [-0.15, -0.1) is 0 Å². The minimum Gasteiger partial charge on any atom is -0.497 e. The van der Waals surface area contributed by atoms with Gasteiger partial charge in [0.25, 0.3) is 5.91 Å². The van der Waals surface area contributed by atoms with Gasteiger partial charge in [0.05, 0.1) is 12.7 Å². The number of hydrogen-bond donors (Lipinski definition) is 1. The Kier molecular flexibility index (Phi) is 4.87. The standard InChI is InChI=1S/C20H18N2O2/c1-24-19-9-5-8-16(11-19)17-10-18(14-21-13-17)20(23)22-12-15-6-3-2-4-7-15/h2-11,13-14H,12H2,1H3,(H,22,23). The highest BCUT2D eigenvalue weighted by Gasteiger charge is 2.08. The predicted octanol–water partition coefficient (Wildman–Crippen LogP) is 3.69. The average Bonchev–Trinajstić information content (AvgIpc) is 2.67. The highest BCUT2D eigenvalue weighted by atomic mass is 16.5. The maximum Gasteiger partial charge on any atom is 0.253 e. The lowest BCUT2D eigenvalue weighted by Crippen LogP contribution is -2.22. The summed E-state index contributed by atoms with van der Waals surface area (Å²) < 4.78 is 5.24. The second kappa shape index (κ2) is 7.42. The second-order valence-corrected chi connectivity index (χ2v) is 5.36. The van der Waals surface area contributed by atoms with E-state index in [9.17, 15) is 4.79 Å². The molecule has 1 heterocycles. The van der Waals surface area contributed by atoms with Crippen LogP contribution in [0.3, 0.4) is 0 Å². The normalized spacial score (nSPS) is 10.2. The first kappa shape index (κ1) is 15.7. The van der Waals surface area contributed by atoms with E-state index in [4.69, 9.17) is 4.74 Å². The summed E-state index contributed by atoms with van der Waals surface area (Å²) in [5.41, 5.74) is 3.43. The van der Waals surface area contributed by atoms with Gasteiger partial charge >= 0.3 is 0 Å². The zero-order chi connectivity index (χ0) is 16.8. The van der Waals surface area contributed by atoms with Crippen LogP contribution in [0.15, 0.2) is 73.1 Å². The van der Waals surface area contributed by atoms with Crippen molar-refractivity contribution in [2.45, 2.75) is 6.54 Å². The molecule has 0 radical (unpaired) electrons. The lowest BCUT2D eigenvalue weighted by atomic mass is 10.1. The van der Waals surface area contributed by atoms with Crippen LogP contribution in [0.1, 0.15) is 15.9 Å². The van der Waals surface area contributed by atoms with Gasteiger partial charge in [-0.2, -0.15) is 0 Å². The van der Waals surface area contributed by atoms with Crippen molar-refractivity contribution >= 4 is 5.91 Å². The minimum atomic E-state index is -0.143. The number of rotatable bonds is 5. The molecule has 1 amide bonds. The van der Waals surface area contributed by atoms with Crippen molar-refractivity contribution in [2.75, 3.05) is 7.11 Å². The van der Waals surface area contributed by atoms with Gasteiger partial charge < -0.3 is 10.1 Å². The monoisotopic (exact) mass is 318 g/mol. The average molecular weight is 318 g/mol. The molecule has 24 heavy (non-hydrogen) atoms. The molecule has 0 aliphatic rings. The molecule has 4 heteroatoms. The van der Waals surface area contributed by atoms with Crippen LogP contribution in [0.5, 0.6) is 5.75 Å². The summed E-state index contributed by atoms with van der Waals surface area (Å²) in [5.74, 6) is 0.627. The van der Waals surface area contributed by atoms with E-state index >= 15 is 0 Å². The summed E-state index contributed by atoms with van der Waals surface area (Å²) in [6.45, 7) is 0.489. The van der Waals surface area contributed by atoms with Crippen LogP contribution in [0.2, 0.25) is 0 Å². The third kappa shape index (κ3) is 3.79. The van der Waals surface area contributed by atoms with Crippen molar-refractivity contribution in [2.24, 2.45) is 0 Å². The first-order valence-electron chi connectivity index (χ1n) is 7.68. The molecule has 4 nitrogen and oxygen atoms in total. The van der Waals surface area contributed by atoms with Crippen molar-refractivity contribution in [3.63, 3.8) is 0 Å². The van der Waals surface area contributed by atoms with E-state index in [2.05, 4.69) is 10.3 Å². The number of nitrogens with zero attached hydrogens (tertiary/aromatic N) is 1. The molecule has 120 valence electrons. The minimum absolute atomic E-state index is 0.143. The highest BCUT2D eigenvalue weighted by Crippen LogP contribution is 2.23. The zero-order valence-corrected chi connectivity index (χ0v) is 13.4. The number of benzene rings is 2. The Morgan fingerprint density at radius 1 is 1.00 bits per heavy atom. The van der Waals surface area contributed by atoms with Gasteiger partial charge in [-0.25, -0.2) is 0 Å². The number of carbonyl (C=O) groups excluding carboxylic acids is 1. The summed E-state index contributed by atoms with van der Waals surface area (Å²) >= 11 is 0. The van der Waals surface area contributed by atoms with Gasteiger partial charge in [-0.05, 0) is 29.3 Å². The molecule has 0 aliphatic heterocycles. The van der Waals surface area contributed by atoms with Gasteiger partial charge in [-0.3, -0.25) is 9.78 Å². The van der Waals surface area contributed by atoms with Crippen LogP contribution in [0.25, 0.3) is 11.1 Å². The van der Waals surface area contributed by atoms with Crippen molar-refractivity contribution < 1.29 is 9.53 Å². The van der Waals surface area contributed by atoms with E-state index in [1.807, 2.05) is 60.7 Å². The van der Waals surface area contributed by atoms with Crippen molar-refractivity contribution in [3.8, 4) is 16.9 Å². The lowest BCUT2D eigenvalue weighted by molar-refractivity contribution is 0.0950. The number of aromatic nitrogens is 1. The van der Waals surface area contributed by atoms with Crippen LogP contribution in [0, 0.1) is 0 Å². The van der Waals surface area contributed by atoms with Crippen LogP contribution >= 0.6 is 0 Å². The third-order valence-electron chi connectivity index (χ3n) is 3.70. The second-order valence-electron chi connectivity index (χ2n) is 5.36. The molecule has 0 bridgehead atoms. The molecule has 0 saturated heterocycles.